The maximum atomic E-state index is 14.0. The van der Waals surface area contributed by atoms with Gasteiger partial charge in [0.15, 0.2) is 0 Å². The monoisotopic (exact) mass is 687 g/mol. The molecule has 1 aliphatic carbocycles. The molecular formula is C33H39BrClN3O4S. The van der Waals surface area contributed by atoms with Crippen LogP contribution in [0.3, 0.4) is 0 Å². The molecule has 0 aromatic heterocycles. The molecule has 1 atom stereocenters. The molecule has 230 valence electrons. The number of nitrogens with zero attached hydrogens (tertiary/aromatic N) is 2. The van der Waals surface area contributed by atoms with Gasteiger partial charge in [-0.1, -0.05) is 89.3 Å². The summed E-state index contributed by atoms with van der Waals surface area (Å²) in [6.07, 6.45) is 7.12. The summed E-state index contributed by atoms with van der Waals surface area (Å²) in [6.45, 7) is 0.380. The summed E-state index contributed by atoms with van der Waals surface area (Å²) < 4.78 is 27.5. The summed E-state index contributed by atoms with van der Waals surface area (Å²) >= 11 is 9.48. The van der Waals surface area contributed by atoms with Crippen LogP contribution in [0.1, 0.15) is 56.1 Å². The van der Waals surface area contributed by atoms with Crippen molar-refractivity contribution in [3.05, 3.63) is 99.5 Å². The zero-order valence-electron chi connectivity index (χ0n) is 24.4. The number of rotatable bonds is 13. The number of amides is 2. The van der Waals surface area contributed by atoms with Crippen LogP contribution in [-0.4, -0.2) is 50.0 Å². The Hall–Kier alpha value is -2.88. The Labute approximate surface area is 268 Å². The maximum Gasteiger partial charge on any atom is 0.243 e. The zero-order valence-corrected chi connectivity index (χ0v) is 27.6. The summed E-state index contributed by atoms with van der Waals surface area (Å²) in [7, 11) is -3.59. The highest BCUT2D eigenvalue weighted by atomic mass is 79.9. The standard InChI is InChI=1S/C33H39BrClN3O4S/c1-43(41,42)38(30-20-18-28(35)19-21-30)22-8-13-32(39)37(24-26-14-16-27(34)17-15-26)31(23-25-9-4-2-5-10-25)33(40)36-29-11-6-3-7-12-29/h2,4-5,9-10,14-21,29,31H,3,6-8,11-13,22-24H2,1H3,(H,36,40). The van der Waals surface area contributed by atoms with Gasteiger partial charge in [0, 0.05) is 41.5 Å². The van der Waals surface area contributed by atoms with E-state index in [4.69, 9.17) is 11.6 Å². The molecule has 1 unspecified atom stereocenters. The summed E-state index contributed by atoms with van der Waals surface area (Å²) in [5.41, 5.74) is 2.35. The van der Waals surface area contributed by atoms with Crippen molar-refractivity contribution in [1.29, 1.82) is 0 Å². The average molecular weight is 689 g/mol. The highest BCUT2D eigenvalue weighted by Crippen LogP contribution is 2.23. The highest BCUT2D eigenvalue weighted by molar-refractivity contribution is 9.10. The first-order valence-corrected chi connectivity index (χ1v) is 17.7. The molecule has 0 bridgehead atoms. The average Bonchev–Trinajstić information content (AvgIpc) is 2.99. The van der Waals surface area contributed by atoms with Crippen LogP contribution in [-0.2, 0) is 32.6 Å². The van der Waals surface area contributed by atoms with Crippen molar-refractivity contribution in [3.63, 3.8) is 0 Å². The fraction of sp³-hybridized carbons (Fsp3) is 0.394. The van der Waals surface area contributed by atoms with Gasteiger partial charge in [0.2, 0.25) is 21.8 Å². The second-order valence-corrected chi connectivity index (χ2v) is 14.4. The van der Waals surface area contributed by atoms with Crippen molar-refractivity contribution >= 4 is 55.1 Å². The highest BCUT2D eigenvalue weighted by Gasteiger charge is 2.32. The van der Waals surface area contributed by atoms with Crippen LogP contribution < -0.4 is 9.62 Å². The summed E-state index contributed by atoms with van der Waals surface area (Å²) in [5.74, 6) is -0.354. The van der Waals surface area contributed by atoms with Crippen LogP contribution in [0, 0.1) is 0 Å². The van der Waals surface area contributed by atoms with Crippen LogP contribution in [0.25, 0.3) is 0 Å². The van der Waals surface area contributed by atoms with Crippen LogP contribution >= 0.6 is 27.5 Å². The molecular weight excluding hydrogens is 650 g/mol. The number of hydrogen-bond donors (Lipinski definition) is 1. The zero-order chi connectivity index (χ0) is 30.8. The van der Waals surface area contributed by atoms with Gasteiger partial charge >= 0.3 is 0 Å². The van der Waals surface area contributed by atoms with E-state index < -0.39 is 16.1 Å². The quantitative estimate of drug-likeness (QED) is 0.216. The summed E-state index contributed by atoms with van der Waals surface area (Å²) in [5, 5.41) is 3.76. The normalized spacial score (nSPS) is 14.6. The largest absolute Gasteiger partial charge is 0.352 e. The molecule has 4 rings (SSSR count). The van der Waals surface area contributed by atoms with Crippen molar-refractivity contribution in [2.75, 3.05) is 17.1 Å². The van der Waals surface area contributed by atoms with Crippen LogP contribution in [0.15, 0.2) is 83.3 Å². The van der Waals surface area contributed by atoms with Gasteiger partial charge in [0.1, 0.15) is 6.04 Å². The lowest BCUT2D eigenvalue weighted by atomic mass is 9.94. The number of hydrogen-bond acceptors (Lipinski definition) is 4. The second-order valence-electron chi connectivity index (χ2n) is 11.1. The van der Waals surface area contributed by atoms with E-state index in [1.165, 1.54) is 10.7 Å². The van der Waals surface area contributed by atoms with Gasteiger partial charge in [-0.15, -0.1) is 0 Å². The van der Waals surface area contributed by atoms with Gasteiger partial charge in [-0.05, 0) is 66.8 Å². The topological polar surface area (TPSA) is 86.8 Å². The van der Waals surface area contributed by atoms with Gasteiger partial charge in [0.05, 0.1) is 11.9 Å². The fourth-order valence-electron chi connectivity index (χ4n) is 5.50. The summed E-state index contributed by atoms with van der Waals surface area (Å²) in [4.78, 5) is 29.6. The van der Waals surface area contributed by atoms with E-state index in [0.717, 1.165) is 47.5 Å². The Kier molecular flexibility index (Phi) is 12.1. The fourth-order valence-corrected chi connectivity index (χ4v) is 6.85. The predicted octanol–water partition coefficient (Wildman–Crippen LogP) is 6.74. The molecule has 10 heteroatoms. The first kappa shape index (κ1) is 33.0. The minimum absolute atomic E-state index is 0.0815. The molecule has 1 fully saturated rings. The van der Waals surface area contributed by atoms with Crippen molar-refractivity contribution in [3.8, 4) is 0 Å². The van der Waals surface area contributed by atoms with Gasteiger partial charge in [-0.3, -0.25) is 13.9 Å². The van der Waals surface area contributed by atoms with E-state index in [0.29, 0.717) is 17.1 Å². The number of anilines is 1. The molecule has 0 heterocycles. The number of carbonyl (C=O) groups excluding carboxylic acids is 2. The van der Waals surface area contributed by atoms with Crippen LogP contribution in [0.2, 0.25) is 5.02 Å². The van der Waals surface area contributed by atoms with E-state index in [-0.39, 0.29) is 43.8 Å². The third-order valence-electron chi connectivity index (χ3n) is 7.76. The van der Waals surface area contributed by atoms with Gasteiger partial charge < -0.3 is 10.2 Å². The lowest BCUT2D eigenvalue weighted by molar-refractivity contribution is -0.141. The number of nitrogens with one attached hydrogen (secondary N) is 1. The van der Waals surface area contributed by atoms with E-state index >= 15 is 0 Å². The molecule has 1 saturated carbocycles. The van der Waals surface area contributed by atoms with E-state index in [2.05, 4.69) is 21.2 Å². The molecule has 1 N–H and O–H groups in total. The van der Waals surface area contributed by atoms with Crippen LogP contribution in [0.5, 0.6) is 0 Å². The maximum absolute atomic E-state index is 14.0. The molecule has 43 heavy (non-hydrogen) atoms. The third-order valence-corrected chi connectivity index (χ3v) is 9.73. The van der Waals surface area contributed by atoms with Crippen molar-refractivity contribution in [1.82, 2.24) is 10.2 Å². The lowest BCUT2D eigenvalue weighted by Crippen LogP contribution is -2.52. The Balaban J connectivity index is 1.58. The SMILES string of the molecule is CS(=O)(=O)N(CCCC(=O)N(Cc1ccc(Br)cc1)C(Cc1ccccc1)C(=O)NC1CCCCC1)c1ccc(Cl)cc1. The van der Waals surface area contributed by atoms with Gasteiger partial charge in [-0.25, -0.2) is 8.42 Å². The van der Waals surface area contributed by atoms with Crippen molar-refractivity contribution in [2.45, 2.75) is 70.0 Å². The Bertz CT molecular complexity index is 1450. The minimum Gasteiger partial charge on any atom is -0.352 e. The molecule has 3 aromatic rings. The first-order valence-electron chi connectivity index (χ1n) is 14.7. The summed E-state index contributed by atoms with van der Waals surface area (Å²) in [6, 6.07) is 23.4. The molecule has 3 aromatic carbocycles. The van der Waals surface area contributed by atoms with E-state index in [1.54, 1.807) is 29.2 Å². The molecule has 0 spiro atoms. The van der Waals surface area contributed by atoms with Crippen molar-refractivity contribution in [2.24, 2.45) is 0 Å². The Morgan fingerprint density at radius 1 is 0.930 bits per heavy atom. The number of halogens is 2. The Morgan fingerprint density at radius 2 is 1.58 bits per heavy atom. The molecule has 0 saturated heterocycles. The number of sulfonamides is 1. The Morgan fingerprint density at radius 3 is 2.21 bits per heavy atom. The molecule has 0 aliphatic heterocycles. The van der Waals surface area contributed by atoms with Crippen molar-refractivity contribution < 1.29 is 18.0 Å². The second kappa shape index (κ2) is 15.7. The third kappa shape index (κ3) is 10.1. The van der Waals surface area contributed by atoms with E-state index in [1.807, 2.05) is 54.6 Å². The number of benzene rings is 3. The van der Waals surface area contributed by atoms with E-state index in [9.17, 15) is 18.0 Å². The smallest absolute Gasteiger partial charge is 0.243 e. The number of carbonyl (C=O) groups is 2. The molecule has 0 radical (unpaired) electrons. The van der Waals surface area contributed by atoms with Crippen LogP contribution in [0.4, 0.5) is 5.69 Å². The molecule has 7 nitrogen and oxygen atoms in total. The lowest BCUT2D eigenvalue weighted by Gasteiger charge is -2.34. The minimum atomic E-state index is -3.59. The predicted molar refractivity (Wildman–Crippen MR) is 177 cm³/mol. The van der Waals surface area contributed by atoms with Gasteiger partial charge in [0.25, 0.3) is 0 Å². The van der Waals surface area contributed by atoms with Gasteiger partial charge in [-0.2, -0.15) is 0 Å². The first-order chi connectivity index (χ1) is 20.6. The molecule has 2 amide bonds. The molecule has 1 aliphatic rings.